The fourth-order valence-corrected chi connectivity index (χ4v) is 3.15. The molecule has 6 nitrogen and oxygen atoms in total. The number of furan rings is 1. The molecule has 0 aliphatic heterocycles. The van der Waals surface area contributed by atoms with Gasteiger partial charge in [0.25, 0.3) is 0 Å². The first kappa shape index (κ1) is 15.9. The number of fused-ring (bicyclic) bond motifs is 1. The molecule has 3 aromatic heterocycles. The number of pyridine rings is 1. The van der Waals surface area contributed by atoms with Crippen molar-refractivity contribution in [3.8, 4) is 0 Å². The van der Waals surface area contributed by atoms with Crippen LogP contribution in [0.2, 0.25) is 0 Å². The van der Waals surface area contributed by atoms with Gasteiger partial charge in [0.1, 0.15) is 17.3 Å². The van der Waals surface area contributed by atoms with Gasteiger partial charge in [0.15, 0.2) is 5.65 Å². The fourth-order valence-electron chi connectivity index (χ4n) is 3.15. The highest BCUT2D eigenvalue weighted by Gasteiger charge is 2.36. The molecule has 2 atom stereocenters. The average Bonchev–Trinajstić information content (AvgIpc) is 3.02. The van der Waals surface area contributed by atoms with Crippen molar-refractivity contribution < 1.29 is 9.21 Å². The number of hydrogen-bond acceptors (Lipinski definition) is 4. The van der Waals surface area contributed by atoms with Crippen LogP contribution in [-0.4, -0.2) is 27.0 Å². The van der Waals surface area contributed by atoms with Crippen LogP contribution in [-0.2, 0) is 17.6 Å². The Labute approximate surface area is 146 Å². The Kier molecular flexibility index (Phi) is 4.26. The van der Waals surface area contributed by atoms with Crippen molar-refractivity contribution in [3.05, 3.63) is 53.9 Å². The summed E-state index contributed by atoms with van der Waals surface area (Å²) in [5.41, 5.74) is 0.822. The monoisotopic (exact) mass is 338 g/mol. The van der Waals surface area contributed by atoms with Gasteiger partial charge in [0.05, 0.1) is 0 Å². The SMILES string of the molecule is CC1CC1c1ccc(CCC(=O)NCCc2nnc3ccccn23)o1. The molecule has 130 valence electrons. The maximum Gasteiger partial charge on any atom is 0.220 e. The van der Waals surface area contributed by atoms with E-state index in [-0.39, 0.29) is 5.91 Å². The van der Waals surface area contributed by atoms with Crippen LogP contribution in [0.15, 0.2) is 40.9 Å². The molecule has 3 aromatic rings. The zero-order valence-electron chi connectivity index (χ0n) is 14.3. The van der Waals surface area contributed by atoms with E-state index in [0.29, 0.717) is 31.7 Å². The predicted molar refractivity (Wildman–Crippen MR) is 93.3 cm³/mol. The summed E-state index contributed by atoms with van der Waals surface area (Å²) >= 11 is 0. The molecule has 1 aliphatic rings. The highest BCUT2D eigenvalue weighted by atomic mass is 16.3. The van der Waals surface area contributed by atoms with Crippen LogP contribution in [0, 0.1) is 5.92 Å². The van der Waals surface area contributed by atoms with E-state index >= 15 is 0 Å². The van der Waals surface area contributed by atoms with Crippen LogP contribution in [0.5, 0.6) is 0 Å². The van der Waals surface area contributed by atoms with Gasteiger partial charge < -0.3 is 9.73 Å². The lowest BCUT2D eigenvalue weighted by Crippen LogP contribution is -2.26. The van der Waals surface area contributed by atoms with Crippen LogP contribution in [0.25, 0.3) is 5.65 Å². The van der Waals surface area contributed by atoms with Gasteiger partial charge in [-0.2, -0.15) is 0 Å². The summed E-state index contributed by atoms with van der Waals surface area (Å²) in [5.74, 6) is 4.17. The standard InChI is InChI=1S/C19H22N4O2/c1-13-12-15(13)16-7-5-14(25-16)6-8-19(24)20-10-9-18-22-21-17-4-2-3-11-23(17)18/h2-5,7,11,13,15H,6,8-10,12H2,1H3,(H,20,24). The number of hydrogen-bond donors (Lipinski definition) is 1. The van der Waals surface area contributed by atoms with Gasteiger partial charge in [-0.05, 0) is 36.6 Å². The average molecular weight is 338 g/mol. The number of nitrogens with zero attached hydrogens (tertiary/aromatic N) is 3. The van der Waals surface area contributed by atoms with E-state index in [1.165, 1.54) is 6.42 Å². The van der Waals surface area contributed by atoms with E-state index in [1.807, 2.05) is 34.9 Å². The number of amides is 1. The van der Waals surface area contributed by atoms with Crippen LogP contribution in [0.1, 0.15) is 43.0 Å². The third-order valence-corrected chi connectivity index (χ3v) is 4.81. The fraction of sp³-hybridized carbons (Fsp3) is 0.421. The summed E-state index contributed by atoms with van der Waals surface area (Å²) < 4.78 is 7.78. The Hall–Kier alpha value is -2.63. The Balaban J connectivity index is 1.22. The van der Waals surface area contributed by atoms with Crippen molar-refractivity contribution in [2.24, 2.45) is 5.92 Å². The molecule has 0 bridgehead atoms. The lowest BCUT2D eigenvalue weighted by Gasteiger charge is -2.04. The minimum Gasteiger partial charge on any atom is -0.466 e. The van der Waals surface area contributed by atoms with Gasteiger partial charge in [-0.15, -0.1) is 10.2 Å². The molecule has 1 N–H and O–H groups in total. The summed E-state index contributed by atoms with van der Waals surface area (Å²) in [4.78, 5) is 12.0. The molecule has 25 heavy (non-hydrogen) atoms. The second-order valence-corrected chi connectivity index (χ2v) is 6.77. The van der Waals surface area contributed by atoms with Crippen molar-refractivity contribution in [1.29, 1.82) is 0 Å². The number of aryl methyl sites for hydroxylation is 1. The molecule has 3 heterocycles. The number of aromatic nitrogens is 3. The first-order chi connectivity index (χ1) is 12.2. The lowest BCUT2D eigenvalue weighted by molar-refractivity contribution is -0.121. The van der Waals surface area contributed by atoms with Crippen molar-refractivity contribution in [2.45, 2.75) is 38.5 Å². The number of nitrogens with one attached hydrogen (secondary N) is 1. The molecule has 1 saturated carbocycles. The second kappa shape index (κ2) is 6.70. The van der Waals surface area contributed by atoms with E-state index in [2.05, 4.69) is 28.5 Å². The maximum absolute atomic E-state index is 12.0. The van der Waals surface area contributed by atoms with Gasteiger partial charge in [-0.1, -0.05) is 13.0 Å². The molecule has 0 aromatic carbocycles. The van der Waals surface area contributed by atoms with E-state index in [9.17, 15) is 4.79 Å². The third kappa shape index (κ3) is 3.57. The normalized spacial score (nSPS) is 19.2. The van der Waals surface area contributed by atoms with Gasteiger partial charge in [0, 0.05) is 37.9 Å². The summed E-state index contributed by atoms with van der Waals surface area (Å²) in [6.07, 6.45) is 4.88. The molecule has 0 radical (unpaired) electrons. The van der Waals surface area contributed by atoms with E-state index in [1.54, 1.807) is 0 Å². The van der Waals surface area contributed by atoms with Crippen molar-refractivity contribution >= 4 is 11.6 Å². The lowest BCUT2D eigenvalue weighted by atomic mass is 10.2. The quantitative estimate of drug-likeness (QED) is 0.719. The molecule has 0 spiro atoms. The molecule has 6 heteroatoms. The van der Waals surface area contributed by atoms with Crippen molar-refractivity contribution in [2.75, 3.05) is 6.54 Å². The van der Waals surface area contributed by atoms with Crippen LogP contribution >= 0.6 is 0 Å². The van der Waals surface area contributed by atoms with Crippen molar-refractivity contribution in [3.63, 3.8) is 0 Å². The van der Waals surface area contributed by atoms with Crippen LogP contribution in [0.3, 0.4) is 0 Å². The summed E-state index contributed by atoms with van der Waals surface area (Å²) in [5, 5.41) is 11.2. The smallest absolute Gasteiger partial charge is 0.220 e. The molecule has 4 rings (SSSR count). The molecule has 1 fully saturated rings. The topological polar surface area (TPSA) is 72.4 Å². The Morgan fingerprint density at radius 1 is 1.28 bits per heavy atom. The maximum atomic E-state index is 12.0. The molecule has 1 amide bonds. The highest BCUT2D eigenvalue weighted by Crippen LogP contribution is 2.47. The van der Waals surface area contributed by atoms with Gasteiger partial charge in [-0.25, -0.2) is 0 Å². The largest absolute Gasteiger partial charge is 0.466 e. The predicted octanol–water partition coefficient (Wildman–Crippen LogP) is 2.74. The van der Waals surface area contributed by atoms with Crippen LogP contribution in [0.4, 0.5) is 0 Å². The molecular weight excluding hydrogens is 316 g/mol. The third-order valence-electron chi connectivity index (χ3n) is 4.81. The Bertz CT molecular complexity index is 882. The van der Waals surface area contributed by atoms with Gasteiger partial charge >= 0.3 is 0 Å². The zero-order chi connectivity index (χ0) is 17.2. The minimum atomic E-state index is 0.0339. The molecular formula is C19H22N4O2. The van der Waals surface area contributed by atoms with E-state index < -0.39 is 0 Å². The molecule has 2 unspecified atom stereocenters. The van der Waals surface area contributed by atoms with E-state index in [4.69, 9.17) is 4.42 Å². The minimum absolute atomic E-state index is 0.0339. The number of rotatable bonds is 7. The zero-order valence-corrected chi connectivity index (χ0v) is 14.3. The molecule has 0 saturated heterocycles. The first-order valence-corrected chi connectivity index (χ1v) is 8.84. The number of carbonyl (C=O) groups excluding carboxylic acids is 1. The van der Waals surface area contributed by atoms with Crippen molar-refractivity contribution in [1.82, 2.24) is 19.9 Å². The summed E-state index contributed by atoms with van der Waals surface area (Å²) in [7, 11) is 0. The van der Waals surface area contributed by atoms with E-state index in [0.717, 1.165) is 28.9 Å². The Morgan fingerprint density at radius 2 is 2.16 bits per heavy atom. The summed E-state index contributed by atoms with van der Waals surface area (Å²) in [6.45, 7) is 2.79. The second-order valence-electron chi connectivity index (χ2n) is 6.77. The molecule has 1 aliphatic carbocycles. The number of carbonyl (C=O) groups is 1. The van der Waals surface area contributed by atoms with Gasteiger partial charge in [0.2, 0.25) is 5.91 Å². The first-order valence-electron chi connectivity index (χ1n) is 8.84. The van der Waals surface area contributed by atoms with Crippen LogP contribution < -0.4 is 5.32 Å². The summed E-state index contributed by atoms with van der Waals surface area (Å²) in [6, 6.07) is 9.83. The Morgan fingerprint density at radius 3 is 3.00 bits per heavy atom. The van der Waals surface area contributed by atoms with Gasteiger partial charge in [-0.3, -0.25) is 9.20 Å². The highest BCUT2D eigenvalue weighted by molar-refractivity contribution is 5.76.